The second kappa shape index (κ2) is 8.60. The maximum atomic E-state index is 2.54. The molecule has 41 heavy (non-hydrogen) atoms. The highest BCUT2D eigenvalue weighted by molar-refractivity contribution is 6.19. The summed E-state index contributed by atoms with van der Waals surface area (Å²) < 4.78 is 5.01. The predicted octanol–water partition coefficient (Wildman–Crippen LogP) is 10.3. The van der Waals surface area contributed by atoms with E-state index in [0.717, 1.165) is 6.54 Å². The standard InChI is InChI=1S/C39H36N2/c1-38(2)19-20-39(3,4)33-23-36-31(22-32(33)38)30-21-29-28-17-11-12-18-34(28)40(25-26-13-7-5-8-14-26)35(29)24-37(30)41(36)27-15-9-6-10-16-27/h5-18,21-24H,19-20,25H2,1-4H3. The monoisotopic (exact) mass is 532 g/mol. The normalized spacial score (nSPS) is 16.1. The minimum absolute atomic E-state index is 0.157. The smallest absolute Gasteiger partial charge is 0.0562 e. The van der Waals surface area contributed by atoms with Gasteiger partial charge in [-0.25, -0.2) is 0 Å². The number of nitrogens with zero attached hydrogens (tertiary/aromatic N) is 2. The SMILES string of the molecule is CC1(C)CCC(C)(C)c2cc3c(cc21)c1cc2c4ccccc4n(Cc4ccccc4)c2cc1n3-c1ccccc1. The quantitative estimate of drug-likeness (QED) is 0.214. The van der Waals surface area contributed by atoms with Gasteiger partial charge in [0.2, 0.25) is 0 Å². The molecule has 0 spiro atoms. The van der Waals surface area contributed by atoms with Gasteiger partial charge in [-0.2, -0.15) is 0 Å². The van der Waals surface area contributed by atoms with Crippen LogP contribution < -0.4 is 0 Å². The molecule has 8 rings (SSSR count). The second-order valence-electron chi connectivity index (χ2n) is 13.3. The topological polar surface area (TPSA) is 9.86 Å². The zero-order chi connectivity index (χ0) is 27.9. The summed E-state index contributed by atoms with van der Waals surface area (Å²) >= 11 is 0. The van der Waals surface area contributed by atoms with E-state index in [2.05, 4.69) is 146 Å². The van der Waals surface area contributed by atoms with Gasteiger partial charge in [-0.3, -0.25) is 0 Å². The Morgan fingerprint density at radius 2 is 1.07 bits per heavy atom. The maximum absolute atomic E-state index is 2.54. The Morgan fingerprint density at radius 3 is 1.80 bits per heavy atom. The predicted molar refractivity (Wildman–Crippen MR) is 175 cm³/mol. The highest BCUT2D eigenvalue weighted by atomic mass is 15.0. The molecule has 2 aromatic heterocycles. The molecule has 0 bridgehead atoms. The summed E-state index contributed by atoms with van der Waals surface area (Å²) in [5, 5.41) is 5.34. The Morgan fingerprint density at radius 1 is 0.512 bits per heavy atom. The van der Waals surface area contributed by atoms with Crippen molar-refractivity contribution in [1.29, 1.82) is 0 Å². The third kappa shape index (κ3) is 3.63. The molecular formula is C39H36N2. The number of aromatic nitrogens is 2. The van der Waals surface area contributed by atoms with Gasteiger partial charge in [-0.05, 0) is 82.8 Å². The van der Waals surface area contributed by atoms with Crippen molar-refractivity contribution in [1.82, 2.24) is 9.13 Å². The van der Waals surface area contributed by atoms with E-state index in [4.69, 9.17) is 0 Å². The van der Waals surface area contributed by atoms with Crippen LogP contribution in [-0.2, 0) is 17.4 Å². The molecule has 2 nitrogen and oxygen atoms in total. The van der Waals surface area contributed by atoms with Gasteiger partial charge in [0.25, 0.3) is 0 Å². The molecule has 0 aliphatic heterocycles. The van der Waals surface area contributed by atoms with Crippen molar-refractivity contribution in [2.24, 2.45) is 0 Å². The summed E-state index contributed by atoms with van der Waals surface area (Å²) in [4.78, 5) is 0. The van der Waals surface area contributed by atoms with Crippen LogP contribution in [0.5, 0.6) is 0 Å². The number of hydrogen-bond acceptors (Lipinski definition) is 0. The summed E-state index contributed by atoms with van der Waals surface area (Å²) in [5.74, 6) is 0. The Balaban J connectivity index is 1.52. The van der Waals surface area contributed by atoms with Gasteiger partial charge < -0.3 is 9.13 Å². The van der Waals surface area contributed by atoms with Gasteiger partial charge in [-0.1, -0.05) is 94.4 Å². The molecule has 1 aliphatic carbocycles. The van der Waals surface area contributed by atoms with Crippen LogP contribution in [0.4, 0.5) is 0 Å². The zero-order valence-electron chi connectivity index (χ0n) is 24.4. The lowest BCUT2D eigenvalue weighted by molar-refractivity contribution is 0.332. The molecule has 1 aliphatic rings. The number of rotatable bonds is 3. The summed E-state index contributed by atoms with van der Waals surface area (Å²) in [6.45, 7) is 10.6. The Bertz CT molecular complexity index is 2100. The molecule has 0 amide bonds. The van der Waals surface area contributed by atoms with Gasteiger partial charge in [0.1, 0.15) is 0 Å². The first-order valence-corrected chi connectivity index (χ1v) is 15.0. The van der Waals surface area contributed by atoms with Gasteiger partial charge in [0.05, 0.1) is 16.6 Å². The first-order chi connectivity index (χ1) is 19.8. The van der Waals surface area contributed by atoms with Crippen molar-refractivity contribution in [3.63, 3.8) is 0 Å². The molecule has 0 radical (unpaired) electrons. The first kappa shape index (κ1) is 24.5. The molecule has 0 atom stereocenters. The number of benzene rings is 5. The molecule has 2 heterocycles. The number of para-hydroxylation sites is 2. The fraction of sp³-hybridized carbons (Fsp3) is 0.231. The van der Waals surface area contributed by atoms with Crippen LogP contribution in [0.3, 0.4) is 0 Å². The molecule has 2 heteroatoms. The van der Waals surface area contributed by atoms with E-state index in [1.165, 1.54) is 78.8 Å². The van der Waals surface area contributed by atoms with E-state index in [9.17, 15) is 0 Å². The summed E-state index contributed by atoms with van der Waals surface area (Å²) in [6.07, 6.45) is 2.43. The van der Waals surface area contributed by atoms with E-state index < -0.39 is 0 Å². The lowest BCUT2D eigenvalue weighted by Crippen LogP contribution is -2.33. The van der Waals surface area contributed by atoms with Crippen LogP contribution in [0.2, 0.25) is 0 Å². The molecular weight excluding hydrogens is 496 g/mol. The Hall–Kier alpha value is -4.30. The van der Waals surface area contributed by atoms with Gasteiger partial charge >= 0.3 is 0 Å². The van der Waals surface area contributed by atoms with Crippen LogP contribution >= 0.6 is 0 Å². The van der Waals surface area contributed by atoms with Gasteiger partial charge in [0, 0.05) is 39.3 Å². The van der Waals surface area contributed by atoms with E-state index in [1.807, 2.05) is 0 Å². The molecule has 0 N–H and O–H groups in total. The molecule has 0 unspecified atom stereocenters. The van der Waals surface area contributed by atoms with Crippen LogP contribution in [0.15, 0.2) is 109 Å². The Kier molecular flexibility index (Phi) is 5.14. The highest BCUT2D eigenvalue weighted by Gasteiger charge is 2.38. The Labute approximate surface area is 241 Å². The van der Waals surface area contributed by atoms with Gasteiger partial charge in [-0.15, -0.1) is 0 Å². The fourth-order valence-corrected chi connectivity index (χ4v) is 7.41. The average Bonchev–Trinajstić information content (AvgIpc) is 3.46. The second-order valence-corrected chi connectivity index (χ2v) is 13.3. The van der Waals surface area contributed by atoms with E-state index in [1.54, 1.807) is 0 Å². The van der Waals surface area contributed by atoms with Crippen molar-refractivity contribution in [2.75, 3.05) is 0 Å². The molecule has 202 valence electrons. The minimum atomic E-state index is 0.157. The summed E-state index contributed by atoms with van der Waals surface area (Å²) in [6, 6.07) is 40.6. The first-order valence-electron chi connectivity index (χ1n) is 15.0. The molecule has 0 saturated carbocycles. The molecule has 5 aromatic carbocycles. The van der Waals surface area contributed by atoms with Crippen LogP contribution in [0.25, 0.3) is 49.3 Å². The maximum Gasteiger partial charge on any atom is 0.0562 e. The number of hydrogen-bond donors (Lipinski definition) is 0. The van der Waals surface area contributed by atoms with Gasteiger partial charge in [0.15, 0.2) is 0 Å². The highest BCUT2D eigenvalue weighted by Crippen LogP contribution is 2.49. The van der Waals surface area contributed by atoms with Crippen LogP contribution in [0.1, 0.15) is 57.2 Å². The van der Waals surface area contributed by atoms with Crippen molar-refractivity contribution >= 4 is 43.6 Å². The molecule has 0 saturated heterocycles. The van der Waals surface area contributed by atoms with E-state index in [0.29, 0.717) is 0 Å². The average molecular weight is 533 g/mol. The molecule has 0 fully saturated rings. The molecule has 7 aromatic rings. The summed E-state index contributed by atoms with van der Waals surface area (Å²) in [5.41, 5.74) is 11.0. The third-order valence-electron chi connectivity index (χ3n) is 9.83. The zero-order valence-corrected chi connectivity index (χ0v) is 24.4. The lowest BCUT2D eigenvalue weighted by Gasteiger charge is -2.42. The summed E-state index contributed by atoms with van der Waals surface area (Å²) in [7, 11) is 0. The lowest BCUT2D eigenvalue weighted by atomic mass is 9.63. The number of fused-ring (bicyclic) bond motifs is 7. The van der Waals surface area contributed by atoms with Crippen molar-refractivity contribution in [3.8, 4) is 5.69 Å². The third-order valence-corrected chi connectivity index (χ3v) is 9.83. The minimum Gasteiger partial charge on any atom is -0.336 e. The van der Waals surface area contributed by atoms with Crippen LogP contribution in [-0.4, -0.2) is 9.13 Å². The van der Waals surface area contributed by atoms with Crippen molar-refractivity contribution in [2.45, 2.75) is 57.9 Å². The van der Waals surface area contributed by atoms with Crippen molar-refractivity contribution in [3.05, 3.63) is 126 Å². The fourth-order valence-electron chi connectivity index (χ4n) is 7.41. The van der Waals surface area contributed by atoms with Crippen LogP contribution in [0, 0.1) is 0 Å². The largest absolute Gasteiger partial charge is 0.336 e. The van der Waals surface area contributed by atoms with Crippen molar-refractivity contribution < 1.29 is 0 Å². The van der Waals surface area contributed by atoms with E-state index >= 15 is 0 Å². The van der Waals surface area contributed by atoms with E-state index in [-0.39, 0.29) is 10.8 Å².